The monoisotopic (exact) mass is 261 g/mol. The molecule has 4 heteroatoms. The van der Waals surface area contributed by atoms with Crippen LogP contribution >= 0.6 is 0 Å². The summed E-state index contributed by atoms with van der Waals surface area (Å²) < 4.78 is 0. The average Bonchev–Trinajstić information content (AvgIpc) is 2.36. The Labute approximate surface area is 115 Å². The number of carbonyl (C=O) groups is 1. The van der Waals surface area contributed by atoms with E-state index >= 15 is 0 Å². The molecule has 1 aromatic rings. The molecule has 4 nitrogen and oxygen atoms in total. The highest BCUT2D eigenvalue weighted by molar-refractivity contribution is 5.95. The largest absolute Gasteiger partial charge is 0.373 e. The van der Waals surface area contributed by atoms with Gasteiger partial charge < -0.3 is 10.6 Å². The van der Waals surface area contributed by atoms with Crippen molar-refractivity contribution in [1.29, 1.82) is 0 Å². The molecule has 19 heavy (non-hydrogen) atoms. The summed E-state index contributed by atoms with van der Waals surface area (Å²) in [5, 5.41) is 6.15. The number of nitrogens with one attached hydrogen (secondary N) is 2. The number of anilines is 1. The molecule has 0 spiro atoms. The molecule has 0 aliphatic heterocycles. The first-order chi connectivity index (χ1) is 8.93. The van der Waals surface area contributed by atoms with Crippen LogP contribution in [-0.2, 0) is 0 Å². The van der Waals surface area contributed by atoms with Crippen LogP contribution in [0.1, 0.15) is 62.0 Å². The van der Waals surface area contributed by atoms with Crippen LogP contribution in [-0.4, -0.2) is 23.5 Å². The molecule has 0 atom stereocenters. The van der Waals surface area contributed by atoms with E-state index in [4.69, 9.17) is 0 Å². The summed E-state index contributed by atoms with van der Waals surface area (Å²) in [7, 11) is 1.82. The zero-order valence-electron chi connectivity index (χ0n) is 12.2. The number of rotatable bonds is 4. The quantitative estimate of drug-likeness (QED) is 0.876. The third kappa shape index (κ3) is 3.06. The fourth-order valence-corrected chi connectivity index (χ4v) is 2.29. The molecule has 0 aromatic carbocycles. The lowest BCUT2D eigenvalue weighted by atomic mass is 9.78. The number of amides is 1. The van der Waals surface area contributed by atoms with Gasteiger partial charge in [0.15, 0.2) is 0 Å². The molecule has 1 aliphatic carbocycles. The Kier molecular flexibility index (Phi) is 3.78. The molecular formula is C15H23N3O. The number of aromatic nitrogens is 1. The van der Waals surface area contributed by atoms with Crippen LogP contribution in [0.2, 0.25) is 0 Å². The maximum absolute atomic E-state index is 12.3. The lowest BCUT2D eigenvalue weighted by molar-refractivity contribution is 0.0850. The normalized spacial score (nSPS) is 16.9. The number of pyridine rings is 1. The molecule has 2 rings (SSSR count). The van der Waals surface area contributed by atoms with Crippen molar-refractivity contribution in [1.82, 2.24) is 10.3 Å². The summed E-state index contributed by atoms with van der Waals surface area (Å²) in [5.74, 6) is 1.05. The summed E-state index contributed by atoms with van der Waals surface area (Å²) in [6.07, 6.45) is 3.34. The summed E-state index contributed by atoms with van der Waals surface area (Å²) in [6, 6.07) is 3.70. The summed E-state index contributed by atoms with van der Waals surface area (Å²) in [4.78, 5) is 16.8. The van der Waals surface area contributed by atoms with Gasteiger partial charge in [-0.1, -0.05) is 13.8 Å². The van der Waals surface area contributed by atoms with Gasteiger partial charge in [0.2, 0.25) is 0 Å². The topological polar surface area (TPSA) is 54.0 Å². The van der Waals surface area contributed by atoms with E-state index in [0.717, 1.165) is 24.4 Å². The van der Waals surface area contributed by atoms with Gasteiger partial charge in [0, 0.05) is 23.8 Å². The van der Waals surface area contributed by atoms with Crippen molar-refractivity contribution in [2.75, 3.05) is 12.4 Å². The van der Waals surface area contributed by atoms with Crippen molar-refractivity contribution < 1.29 is 4.79 Å². The molecule has 104 valence electrons. The van der Waals surface area contributed by atoms with Gasteiger partial charge in [-0.15, -0.1) is 0 Å². The van der Waals surface area contributed by atoms with Crippen molar-refractivity contribution in [3.8, 4) is 0 Å². The molecule has 0 radical (unpaired) electrons. The SMILES string of the molecule is CNc1cc(C(=O)NC2(C)CCC2)cc(C(C)C)n1. The van der Waals surface area contributed by atoms with Crippen molar-refractivity contribution in [2.24, 2.45) is 0 Å². The molecule has 1 aromatic heterocycles. The molecule has 1 fully saturated rings. The van der Waals surface area contributed by atoms with Crippen LogP contribution in [0.3, 0.4) is 0 Å². The van der Waals surface area contributed by atoms with E-state index in [1.165, 1.54) is 6.42 Å². The van der Waals surface area contributed by atoms with Gasteiger partial charge in [0.1, 0.15) is 5.82 Å². The van der Waals surface area contributed by atoms with E-state index in [0.29, 0.717) is 11.5 Å². The van der Waals surface area contributed by atoms with E-state index in [1.807, 2.05) is 19.2 Å². The highest BCUT2D eigenvalue weighted by atomic mass is 16.1. The zero-order chi connectivity index (χ0) is 14.0. The van der Waals surface area contributed by atoms with E-state index in [-0.39, 0.29) is 11.4 Å². The van der Waals surface area contributed by atoms with E-state index in [2.05, 4.69) is 36.4 Å². The maximum atomic E-state index is 12.3. The predicted octanol–water partition coefficient (Wildman–Crippen LogP) is 2.92. The highest BCUT2D eigenvalue weighted by Crippen LogP contribution is 2.31. The van der Waals surface area contributed by atoms with E-state index in [1.54, 1.807) is 0 Å². The second-order valence-electron chi connectivity index (χ2n) is 5.94. The van der Waals surface area contributed by atoms with Crippen LogP contribution in [0.25, 0.3) is 0 Å². The Morgan fingerprint density at radius 2 is 2.05 bits per heavy atom. The standard InChI is InChI=1S/C15H23N3O/c1-10(2)12-8-11(9-13(16-4)17-12)14(19)18-15(3)6-5-7-15/h8-10H,5-7H2,1-4H3,(H,16,17)(H,18,19). The molecule has 1 saturated carbocycles. The minimum Gasteiger partial charge on any atom is -0.373 e. The molecule has 0 bridgehead atoms. The van der Waals surface area contributed by atoms with Gasteiger partial charge in [-0.2, -0.15) is 0 Å². The number of hydrogen-bond donors (Lipinski definition) is 2. The second kappa shape index (κ2) is 5.19. The Hall–Kier alpha value is -1.58. The molecule has 0 saturated heterocycles. The third-order valence-electron chi connectivity index (χ3n) is 3.83. The Morgan fingerprint density at radius 1 is 1.37 bits per heavy atom. The first kappa shape index (κ1) is 13.8. The Morgan fingerprint density at radius 3 is 2.53 bits per heavy atom. The Balaban J connectivity index is 2.22. The number of carbonyl (C=O) groups excluding carboxylic acids is 1. The minimum absolute atomic E-state index is 0.00278. The second-order valence-corrected chi connectivity index (χ2v) is 5.94. The van der Waals surface area contributed by atoms with Crippen LogP contribution < -0.4 is 10.6 Å². The number of hydrogen-bond acceptors (Lipinski definition) is 3. The molecular weight excluding hydrogens is 238 g/mol. The molecule has 2 N–H and O–H groups in total. The maximum Gasteiger partial charge on any atom is 0.251 e. The van der Waals surface area contributed by atoms with Gasteiger partial charge in [0.25, 0.3) is 5.91 Å². The molecule has 1 amide bonds. The predicted molar refractivity (Wildman–Crippen MR) is 77.6 cm³/mol. The molecule has 1 aliphatic rings. The Bertz CT molecular complexity index is 478. The summed E-state index contributed by atoms with van der Waals surface area (Å²) >= 11 is 0. The fourth-order valence-electron chi connectivity index (χ4n) is 2.29. The molecule has 0 unspecified atom stereocenters. The van der Waals surface area contributed by atoms with Crippen LogP contribution in [0.15, 0.2) is 12.1 Å². The van der Waals surface area contributed by atoms with Crippen LogP contribution in [0, 0.1) is 0 Å². The van der Waals surface area contributed by atoms with Gasteiger partial charge in [-0.25, -0.2) is 4.98 Å². The van der Waals surface area contributed by atoms with Crippen LogP contribution in [0.4, 0.5) is 5.82 Å². The van der Waals surface area contributed by atoms with E-state index in [9.17, 15) is 4.79 Å². The number of nitrogens with zero attached hydrogens (tertiary/aromatic N) is 1. The fraction of sp³-hybridized carbons (Fsp3) is 0.600. The first-order valence-electron chi connectivity index (χ1n) is 6.96. The smallest absolute Gasteiger partial charge is 0.251 e. The van der Waals surface area contributed by atoms with Gasteiger partial charge in [-0.05, 0) is 44.2 Å². The first-order valence-corrected chi connectivity index (χ1v) is 6.96. The average molecular weight is 261 g/mol. The zero-order valence-corrected chi connectivity index (χ0v) is 12.2. The third-order valence-corrected chi connectivity index (χ3v) is 3.83. The summed E-state index contributed by atoms with van der Waals surface area (Å²) in [6.45, 7) is 6.27. The van der Waals surface area contributed by atoms with E-state index < -0.39 is 0 Å². The van der Waals surface area contributed by atoms with Crippen molar-refractivity contribution in [2.45, 2.75) is 51.5 Å². The highest BCUT2D eigenvalue weighted by Gasteiger charge is 2.33. The van der Waals surface area contributed by atoms with Gasteiger partial charge in [-0.3, -0.25) is 4.79 Å². The van der Waals surface area contributed by atoms with Gasteiger partial charge in [0.05, 0.1) is 0 Å². The summed E-state index contributed by atoms with van der Waals surface area (Å²) in [5.41, 5.74) is 1.62. The minimum atomic E-state index is -0.0157. The molecule has 1 heterocycles. The lowest BCUT2D eigenvalue weighted by Gasteiger charge is -2.39. The van der Waals surface area contributed by atoms with Gasteiger partial charge >= 0.3 is 0 Å². The van der Waals surface area contributed by atoms with Crippen molar-refractivity contribution in [3.63, 3.8) is 0 Å². The van der Waals surface area contributed by atoms with Crippen molar-refractivity contribution in [3.05, 3.63) is 23.4 Å². The van der Waals surface area contributed by atoms with Crippen LogP contribution in [0.5, 0.6) is 0 Å². The lowest BCUT2D eigenvalue weighted by Crippen LogP contribution is -2.50. The van der Waals surface area contributed by atoms with Crippen molar-refractivity contribution >= 4 is 11.7 Å².